The van der Waals surface area contributed by atoms with Crippen LogP contribution in [-0.2, 0) is 5.54 Å². The van der Waals surface area contributed by atoms with Gasteiger partial charge in [-0.05, 0) is 25.5 Å². The second-order valence-corrected chi connectivity index (χ2v) is 5.57. The third-order valence-electron chi connectivity index (χ3n) is 2.32. The van der Waals surface area contributed by atoms with Crippen molar-refractivity contribution in [3.05, 3.63) is 16.1 Å². The molecule has 1 atom stereocenters. The van der Waals surface area contributed by atoms with Gasteiger partial charge >= 0.3 is 0 Å². The zero-order chi connectivity index (χ0) is 9.31. The van der Waals surface area contributed by atoms with Gasteiger partial charge in [0.25, 0.3) is 0 Å². The van der Waals surface area contributed by atoms with Crippen LogP contribution in [0.2, 0.25) is 0 Å². The van der Waals surface area contributed by atoms with Crippen molar-refractivity contribution in [2.24, 2.45) is 5.73 Å². The first-order valence-corrected chi connectivity index (χ1v) is 6.53. The SMILES string of the molecule is Cc1csc(C2(N)CCCSC2)n1. The van der Waals surface area contributed by atoms with Crippen molar-refractivity contribution in [3.8, 4) is 0 Å². The molecular weight excluding hydrogens is 200 g/mol. The average Bonchev–Trinajstić information content (AvgIpc) is 2.54. The van der Waals surface area contributed by atoms with E-state index in [1.807, 2.05) is 18.7 Å². The number of aryl methyl sites for hydroxylation is 1. The highest BCUT2D eigenvalue weighted by Crippen LogP contribution is 2.34. The van der Waals surface area contributed by atoms with Crippen LogP contribution in [0.1, 0.15) is 23.5 Å². The van der Waals surface area contributed by atoms with Crippen LogP contribution in [-0.4, -0.2) is 16.5 Å². The Morgan fingerprint density at radius 3 is 3.00 bits per heavy atom. The molecule has 0 saturated carbocycles. The molecule has 1 aliphatic heterocycles. The third-order valence-corrected chi connectivity index (χ3v) is 4.79. The van der Waals surface area contributed by atoms with Crippen molar-refractivity contribution < 1.29 is 0 Å². The standard InChI is InChI=1S/C9H14N2S2/c1-7-5-13-8(11-7)9(10)3-2-4-12-6-9/h5H,2-4,6,10H2,1H3. The maximum absolute atomic E-state index is 6.32. The average molecular weight is 214 g/mol. The van der Waals surface area contributed by atoms with Gasteiger partial charge in [-0.3, -0.25) is 0 Å². The molecule has 0 bridgehead atoms. The van der Waals surface area contributed by atoms with Crippen LogP contribution in [0.3, 0.4) is 0 Å². The molecule has 2 heterocycles. The van der Waals surface area contributed by atoms with Gasteiger partial charge in [-0.25, -0.2) is 4.98 Å². The Kier molecular flexibility index (Phi) is 2.62. The van der Waals surface area contributed by atoms with Crippen LogP contribution in [0.25, 0.3) is 0 Å². The Balaban J connectivity index is 2.22. The fourth-order valence-electron chi connectivity index (χ4n) is 1.57. The Labute approximate surface area is 86.9 Å². The number of thiazole rings is 1. The fourth-order valence-corrected chi connectivity index (χ4v) is 3.74. The van der Waals surface area contributed by atoms with E-state index in [-0.39, 0.29) is 5.54 Å². The third kappa shape index (κ3) is 1.90. The van der Waals surface area contributed by atoms with Gasteiger partial charge in [0.15, 0.2) is 0 Å². The highest BCUT2D eigenvalue weighted by molar-refractivity contribution is 7.99. The molecule has 1 unspecified atom stereocenters. The maximum atomic E-state index is 6.32. The molecular formula is C9H14N2S2. The van der Waals surface area contributed by atoms with E-state index >= 15 is 0 Å². The van der Waals surface area contributed by atoms with E-state index in [1.54, 1.807) is 11.3 Å². The summed E-state index contributed by atoms with van der Waals surface area (Å²) in [6.07, 6.45) is 2.31. The van der Waals surface area contributed by atoms with Crippen LogP contribution in [0.5, 0.6) is 0 Å². The Morgan fingerprint density at radius 1 is 1.62 bits per heavy atom. The Morgan fingerprint density at radius 2 is 2.46 bits per heavy atom. The normalized spacial score (nSPS) is 29.1. The van der Waals surface area contributed by atoms with E-state index in [0.717, 1.165) is 22.9 Å². The van der Waals surface area contributed by atoms with Crippen molar-refractivity contribution in [2.75, 3.05) is 11.5 Å². The maximum Gasteiger partial charge on any atom is 0.114 e. The van der Waals surface area contributed by atoms with Crippen LogP contribution >= 0.6 is 23.1 Å². The summed E-state index contributed by atoms with van der Waals surface area (Å²) in [5.41, 5.74) is 7.28. The minimum atomic E-state index is -0.137. The predicted molar refractivity (Wildman–Crippen MR) is 59.3 cm³/mol. The second kappa shape index (κ2) is 3.59. The molecule has 72 valence electrons. The van der Waals surface area contributed by atoms with E-state index in [2.05, 4.69) is 10.4 Å². The fraction of sp³-hybridized carbons (Fsp3) is 0.667. The van der Waals surface area contributed by atoms with Crippen molar-refractivity contribution in [2.45, 2.75) is 25.3 Å². The van der Waals surface area contributed by atoms with E-state index in [0.29, 0.717) is 0 Å². The lowest BCUT2D eigenvalue weighted by Gasteiger charge is -2.30. The first-order chi connectivity index (χ1) is 6.21. The molecule has 1 aromatic heterocycles. The van der Waals surface area contributed by atoms with Gasteiger partial charge in [-0.2, -0.15) is 11.8 Å². The van der Waals surface area contributed by atoms with Gasteiger partial charge in [0.05, 0.1) is 5.54 Å². The van der Waals surface area contributed by atoms with E-state index < -0.39 is 0 Å². The number of thioether (sulfide) groups is 1. The first kappa shape index (κ1) is 9.49. The van der Waals surface area contributed by atoms with Crippen molar-refractivity contribution in [1.29, 1.82) is 0 Å². The molecule has 2 rings (SSSR count). The molecule has 0 radical (unpaired) electrons. The minimum Gasteiger partial charge on any atom is -0.319 e. The molecule has 0 amide bonds. The molecule has 13 heavy (non-hydrogen) atoms. The lowest BCUT2D eigenvalue weighted by molar-refractivity contribution is 0.444. The van der Waals surface area contributed by atoms with Crippen LogP contribution in [0.15, 0.2) is 5.38 Å². The molecule has 1 aromatic rings. The van der Waals surface area contributed by atoms with Crippen molar-refractivity contribution in [3.63, 3.8) is 0 Å². The summed E-state index contributed by atoms with van der Waals surface area (Å²) in [5, 5.41) is 3.21. The minimum absolute atomic E-state index is 0.137. The summed E-state index contributed by atoms with van der Waals surface area (Å²) in [6, 6.07) is 0. The zero-order valence-corrected chi connectivity index (χ0v) is 9.38. The van der Waals surface area contributed by atoms with Crippen LogP contribution < -0.4 is 5.73 Å². The lowest BCUT2D eigenvalue weighted by atomic mass is 9.98. The van der Waals surface area contributed by atoms with Gasteiger partial charge < -0.3 is 5.73 Å². The second-order valence-electron chi connectivity index (χ2n) is 3.61. The van der Waals surface area contributed by atoms with Gasteiger partial charge in [-0.1, -0.05) is 0 Å². The van der Waals surface area contributed by atoms with E-state index in [4.69, 9.17) is 5.73 Å². The van der Waals surface area contributed by atoms with Gasteiger partial charge in [-0.15, -0.1) is 11.3 Å². The topological polar surface area (TPSA) is 38.9 Å². The summed E-state index contributed by atoms with van der Waals surface area (Å²) in [6.45, 7) is 2.03. The summed E-state index contributed by atoms with van der Waals surface area (Å²) in [4.78, 5) is 4.49. The summed E-state index contributed by atoms with van der Waals surface area (Å²) >= 11 is 3.65. The van der Waals surface area contributed by atoms with Gasteiger partial charge in [0, 0.05) is 16.8 Å². The largest absolute Gasteiger partial charge is 0.319 e. The highest BCUT2D eigenvalue weighted by Gasteiger charge is 2.32. The molecule has 1 aliphatic rings. The molecule has 1 saturated heterocycles. The number of hydrogen-bond donors (Lipinski definition) is 1. The van der Waals surface area contributed by atoms with Crippen LogP contribution in [0, 0.1) is 6.92 Å². The highest BCUT2D eigenvalue weighted by atomic mass is 32.2. The number of nitrogens with zero attached hydrogens (tertiary/aromatic N) is 1. The molecule has 4 heteroatoms. The first-order valence-electron chi connectivity index (χ1n) is 4.50. The lowest BCUT2D eigenvalue weighted by Crippen LogP contribution is -2.41. The molecule has 0 spiro atoms. The number of aromatic nitrogens is 1. The summed E-state index contributed by atoms with van der Waals surface area (Å²) in [5.74, 6) is 2.28. The molecule has 2 N–H and O–H groups in total. The molecule has 0 aromatic carbocycles. The monoisotopic (exact) mass is 214 g/mol. The Bertz CT molecular complexity index is 290. The van der Waals surface area contributed by atoms with E-state index in [9.17, 15) is 0 Å². The quantitative estimate of drug-likeness (QED) is 0.778. The molecule has 1 fully saturated rings. The number of nitrogens with two attached hydrogens (primary N) is 1. The van der Waals surface area contributed by atoms with E-state index in [1.165, 1.54) is 12.2 Å². The van der Waals surface area contributed by atoms with Gasteiger partial charge in [0.2, 0.25) is 0 Å². The van der Waals surface area contributed by atoms with Crippen molar-refractivity contribution >= 4 is 23.1 Å². The predicted octanol–water partition coefficient (Wildman–Crippen LogP) is 2.13. The Hall–Kier alpha value is -0.0600. The smallest absolute Gasteiger partial charge is 0.114 e. The number of rotatable bonds is 1. The van der Waals surface area contributed by atoms with Crippen molar-refractivity contribution in [1.82, 2.24) is 4.98 Å². The van der Waals surface area contributed by atoms with Gasteiger partial charge in [0.1, 0.15) is 5.01 Å². The molecule has 0 aliphatic carbocycles. The summed E-state index contributed by atoms with van der Waals surface area (Å²) < 4.78 is 0. The molecule has 2 nitrogen and oxygen atoms in total. The summed E-state index contributed by atoms with van der Waals surface area (Å²) in [7, 11) is 0. The van der Waals surface area contributed by atoms with Crippen LogP contribution in [0.4, 0.5) is 0 Å². The number of hydrogen-bond acceptors (Lipinski definition) is 4. The zero-order valence-electron chi connectivity index (χ0n) is 7.75.